The second-order valence-electron chi connectivity index (χ2n) is 4.70. The van der Waals surface area contributed by atoms with Crippen LogP contribution in [0.15, 0.2) is 18.3 Å². The van der Waals surface area contributed by atoms with Crippen LogP contribution in [0.1, 0.15) is 36.8 Å². The predicted molar refractivity (Wildman–Crippen MR) is 70.9 cm³/mol. The molecule has 1 heterocycles. The average molecular weight is 265 g/mol. The van der Waals surface area contributed by atoms with Crippen LogP contribution in [-0.2, 0) is 6.54 Å². The van der Waals surface area contributed by atoms with E-state index < -0.39 is 5.97 Å². The normalized spacial score (nSPS) is 12.0. The number of rotatable bonds is 5. The van der Waals surface area contributed by atoms with Crippen molar-refractivity contribution in [3.63, 3.8) is 0 Å². The van der Waals surface area contributed by atoms with Gasteiger partial charge in [0.15, 0.2) is 0 Å². The SMILES string of the molecule is CC(C)C(C)NC(=O)NCc1cc(C(=O)O)ccn1. The van der Waals surface area contributed by atoms with Gasteiger partial charge in [-0.25, -0.2) is 9.59 Å². The van der Waals surface area contributed by atoms with Gasteiger partial charge >= 0.3 is 12.0 Å². The monoisotopic (exact) mass is 265 g/mol. The number of nitrogens with one attached hydrogen (secondary N) is 2. The van der Waals surface area contributed by atoms with E-state index in [1.165, 1.54) is 18.3 Å². The highest BCUT2D eigenvalue weighted by molar-refractivity contribution is 5.87. The van der Waals surface area contributed by atoms with E-state index in [1.54, 1.807) is 0 Å². The van der Waals surface area contributed by atoms with Crippen molar-refractivity contribution in [2.75, 3.05) is 0 Å². The maximum absolute atomic E-state index is 11.6. The molecule has 1 aromatic rings. The summed E-state index contributed by atoms with van der Waals surface area (Å²) in [4.78, 5) is 26.4. The first-order chi connectivity index (χ1) is 8.90. The molecule has 3 N–H and O–H groups in total. The zero-order valence-corrected chi connectivity index (χ0v) is 11.3. The van der Waals surface area contributed by atoms with Crippen LogP contribution in [0.25, 0.3) is 0 Å². The van der Waals surface area contributed by atoms with Gasteiger partial charge < -0.3 is 15.7 Å². The van der Waals surface area contributed by atoms with Gasteiger partial charge in [-0.2, -0.15) is 0 Å². The number of pyridine rings is 1. The molecular weight excluding hydrogens is 246 g/mol. The summed E-state index contributed by atoms with van der Waals surface area (Å²) in [5.74, 6) is -0.666. The standard InChI is InChI=1S/C13H19N3O3/c1-8(2)9(3)16-13(19)15-7-11-6-10(12(17)18)4-5-14-11/h4-6,8-9H,7H2,1-3H3,(H,17,18)(H2,15,16,19). The van der Waals surface area contributed by atoms with E-state index in [-0.39, 0.29) is 24.2 Å². The fraction of sp³-hybridized carbons (Fsp3) is 0.462. The molecule has 0 aliphatic carbocycles. The van der Waals surface area contributed by atoms with Crippen molar-refractivity contribution in [2.24, 2.45) is 5.92 Å². The van der Waals surface area contributed by atoms with E-state index in [2.05, 4.69) is 15.6 Å². The Morgan fingerprint density at radius 2 is 2.05 bits per heavy atom. The third-order valence-electron chi connectivity index (χ3n) is 2.85. The van der Waals surface area contributed by atoms with Crippen LogP contribution in [0.2, 0.25) is 0 Å². The van der Waals surface area contributed by atoms with E-state index in [0.717, 1.165) is 0 Å². The zero-order chi connectivity index (χ0) is 14.4. The zero-order valence-electron chi connectivity index (χ0n) is 11.3. The molecule has 104 valence electrons. The maximum atomic E-state index is 11.6. The molecule has 0 saturated heterocycles. The molecule has 0 aromatic carbocycles. The van der Waals surface area contributed by atoms with Crippen LogP contribution in [0.5, 0.6) is 0 Å². The molecule has 19 heavy (non-hydrogen) atoms. The molecule has 0 aliphatic heterocycles. The van der Waals surface area contributed by atoms with Crippen molar-refractivity contribution in [2.45, 2.75) is 33.4 Å². The molecule has 0 saturated carbocycles. The third-order valence-corrected chi connectivity index (χ3v) is 2.85. The van der Waals surface area contributed by atoms with Crippen LogP contribution >= 0.6 is 0 Å². The van der Waals surface area contributed by atoms with Gasteiger partial charge in [0, 0.05) is 12.2 Å². The van der Waals surface area contributed by atoms with Crippen molar-refractivity contribution in [3.8, 4) is 0 Å². The summed E-state index contributed by atoms with van der Waals surface area (Å²) in [7, 11) is 0. The van der Waals surface area contributed by atoms with Crippen molar-refractivity contribution in [3.05, 3.63) is 29.6 Å². The van der Waals surface area contributed by atoms with Gasteiger partial charge in [0.25, 0.3) is 0 Å². The topological polar surface area (TPSA) is 91.3 Å². The lowest BCUT2D eigenvalue weighted by atomic mass is 10.1. The fourth-order valence-electron chi connectivity index (χ4n) is 1.30. The molecule has 0 fully saturated rings. The number of carbonyl (C=O) groups excluding carboxylic acids is 1. The number of hydrogen-bond donors (Lipinski definition) is 3. The highest BCUT2D eigenvalue weighted by Gasteiger charge is 2.10. The first kappa shape index (κ1) is 14.9. The minimum Gasteiger partial charge on any atom is -0.478 e. The number of carbonyl (C=O) groups is 2. The molecule has 1 atom stereocenters. The molecule has 0 aliphatic rings. The summed E-state index contributed by atoms with van der Waals surface area (Å²) in [6.07, 6.45) is 1.41. The molecule has 6 nitrogen and oxygen atoms in total. The smallest absolute Gasteiger partial charge is 0.335 e. The van der Waals surface area contributed by atoms with E-state index in [9.17, 15) is 9.59 Å². The summed E-state index contributed by atoms with van der Waals surface area (Å²) in [6, 6.07) is 2.63. The first-order valence-electron chi connectivity index (χ1n) is 6.12. The highest BCUT2D eigenvalue weighted by atomic mass is 16.4. The summed E-state index contributed by atoms with van der Waals surface area (Å²) in [5.41, 5.74) is 0.662. The van der Waals surface area contributed by atoms with E-state index in [0.29, 0.717) is 11.6 Å². The molecular formula is C13H19N3O3. The van der Waals surface area contributed by atoms with Crippen LogP contribution in [0, 0.1) is 5.92 Å². The Morgan fingerprint density at radius 3 is 2.63 bits per heavy atom. The lowest BCUT2D eigenvalue weighted by molar-refractivity contribution is 0.0696. The molecule has 2 amide bonds. The third kappa shape index (κ3) is 4.95. The Hall–Kier alpha value is -2.11. The predicted octanol–water partition coefficient (Wildman–Crippen LogP) is 1.62. The molecule has 1 unspecified atom stereocenters. The molecule has 0 bridgehead atoms. The molecule has 1 aromatic heterocycles. The van der Waals surface area contributed by atoms with Crippen LogP contribution in [0.3, 0.4) is 0 Å². The van der Waals surface area contributed by atoms with Gasteiger partial charge in [-0.3, -0.25) is 4.98 Å². The molecule has 1 rings (SSSR count). The molecule has 0 spiro atoms. The quantitative estimate of drug-likeness (QED) is 0.754. The Balaban J connectivity index is 2.50. The van der Waals surface area contributed by atoms with Gasteiger partial charge in [0.05, 0.1) is 17.8 Å². The number of nitrogens with zero attached hydrogens (tertiary/aromatic N) is 1. The summed E-state index contributed by atoms with van der Waals surface area (Å²) >= 11 is 0. The average Bonchev–Trinajstić information content (AvgIpc) is 2.36. The molecule has 0 radical (unpaired) electrons. The number of aromatic carboxylic acids is 1. The first-order valence-corrected chi connectivity index (χ1v) is 6.12. The van der Waals surface area contributed by atoms with Gasteiger partial charge in [0.1, 0.15) is 0 Å². The van der Waals surface area contributed by atoms with Gasteiger partial charge in [0.2, 0.25) is 0 Å². The Labute approximate surface area is 112 Å². The van der Waals surface area contributed by atoms with Crippen molar-refractivity contribution in [1.29, 1.82) is 0 Å². The number of carboxylic acids is 1. The minimum atomic E-state index is -1.01. The Bertz CT molecular complexity index is 460. The van der Waals surface area contributed by atoms with Gasteiger partial charge in [-0.1, -0.05) is 13.8 Å². The second kappa shape index (κ2) is 6.72. The lowest BCUT2D eigenvalue weighted by Crippen LogP contribution is -2.42. The maximum Gasteiger partial charge on any atom is 0.335 e. The molecule has 6 heteroatoms. The highest BCUT2D eigenvalue weighted by Crippen LogP contribution is 2.02. The fourth-order valence-corrected chi connectivity index (χ4v) is 1.30. The number of aromatic nitrogens is 1. The Morgan fingerprint density at radius 1 is 1.37 bits per heavy atom. The van der Waals surface area contributed by atoms with Crippen LogP contribution < -0.4 is 10.6 Å². The van der Waals surface area contributed by atoms with E-state index in [1.807, 2.05) is 20.8 Å². The Kier molecular flexibility index (Phi) is 5.29. The lowest BCUT2D eigenvalue weighted by Gasteiger charge is -2.17. The number of hydrogen-bond acceptors (Lipinski definition) is 3. The van der Waals surface area contributed by atoms with Gasteiger partial charge in [-0.05, 0) is 25.0 Å². The minimum absolute atomic E-state index is 0.0679. The number of urea groups is 1. The summed E-state index contributed by atoms with van der Waals surface area (Å²) in [6.45, 7) is 6.15. The van der Waals surface area contributed by atoms with Crippen molar-refractivity contribution >= 4 is 12.0 Å². The number of amides is 2. The second-order valence-corrected chi connectivity index (χ2v) is 4.70. The summed E-state index contributed by atoms with van der Waals surface area (Å²) < 4.78 is 0. The van der Waals surface area contributed by atoms with Gasteiger partial charge in [-0.15, -0.1) is 0 Å². The number of carboxylic acid groups (broad SMARTS) is 1. The van der Waals surface area contributed by atoms with Crippen LogP contribution in [0.4, 0.5) is 4.79 Å². The van der Waals surface area contributed by atoms with Crippen molar-refractivity contribution < 1.29 is 14.7 Å². The van der Waals surface area contributed by atoms with E-state index >= 15 is 0 Å². The van der Waals surface area contributed by atoms with Crippen LogP contribution in [-0.4, -0.2) is 28.1 Å². The van der Waals surface area contributed by atoms with E-state index in [4.69, 9.17) is 5.11 Å². The summed E-state index contributed by atoms with van der Waals surface area (Å²) in [5, 5.41) is 14.3. The largest absolute Gasteiger partial charge is 0.478 e. The van der Waals surface area contributed by atoms with Crippen molar-refractivity contribution in [1.82, 2.24) is 15.6 Å².